The van der Waals surface area contributed by atoms with Crippen LogP contribution in [0.25, 0.3) is 11.1 Å². The minimum atomic E-state index is -1.78. The summed E-state index contributed by atoms with van der Waals surface area (Å²) in [6, 6.07) is 15.5. The number of aromatic nitrogens is 1. The molecule has 80 heavy (non-hydrogen) atoms. The van der Waals surface area contributed by atoms with Crippen LogP contribution < -0.4 is 37.6 Å². The van der Waals surface area contributed by atoms with Gasteiger partial charge in [0.2, 0.25) is 41.4 Å². The van der Waals surface area contributed by atoms with Gasteiger partial charge in [0.25, 0.3) is 11.8 Å². The number of aliphatic hydroxyl groups is 1. The number of nitrogens with zero attached hydrogens (tertiary/aromatic N) is 3. The highest BCUT2D eigenvalue weighted by Gasteiger charge is 2.39. The molecule has 1 aliphatic rings. The molecule has 2 heterocycles. The maximum atomic E-state index is 15.4. The van der Waals surface area contributed by atoms with Crippen LogP contribution >= 0.6 is 0 Å². The van der Waals surface area contributed by atoms with Gasteiger partial charge in [0, 0.05) is 61.3 Å². The minimum Gasteiger partial charge on any atom is -0.445 e. The van der Waals surface area contributed by atoms with Gasteiger partial charge in [-0.2, -0.15) is 0 Å². The summed E-state index contributed by atoms with van der Waals surface area (Å²) in [6.45, 7) is 7.44. The van der Waals surface area contributed by atoms with Crippen molar-refractivity contribution in [1.82, 2.24) is 46.3 Å². The largest absolute Gasteiger partial charge is 0.445 e. The topological polar surface area (TPSA) is 310 Å². The van der Waals surface area contributed by atoms with Crippen molar-refractivity contribution in [2.75, 3.05) is 32.8 Å². The van der Waals surface area contributed by atoms with Gasteiger partial charge in [-0.05, 0) is 60.1 Å². The quantitative estimate of drug-likeness (QED) is 0.0315. The van der Waals surface area contributed by atoms with Crippen LogP contribution in [0.3, 0.4) is 0 Å². The normalized spacial score (nSPS) is 14.1. The first-order valence-electron chi connectivity index (χ1n) is 25.7. The number of hydrogen-bond donors (Lipinski definition) is 8. The Balaban J connectivity index is 1.42. The second-order valence-electron chi connectivity index (χ2n) is 20.4. The lowest BCUT2D eigenvalue weighted by Crippen LogP contribution is -2.60. The molecule has 1 aromatic heterocycles. The maximum Gasteiger partial charge on any atom is 0.408 e. The third-order valence-corrected chi connectivity index (χ3v) is 12.7. The van der Waals surface area contributed by atoms with Crippen LogP contribution in [0.5, 0.6) is 0 Å². The zero-order valence-electron chi connectivity index (χ0n) is 45.3. The number of benzene rings is 3. The standard InChI is InChI=1S/C56H68F2N10O12/c1-33(2)49(65-51(75)34(3)62-55(79)80-32-36-15-11-8-12-16-36)54(78)64-42(27-44(59)70)53(77)63-41(52(76)61-23-22-60-45(71)30-68-46(72)19-20-47(68)73)21-24-67(48(74)31-69)50(56(4,5)6)43-25-37(39-26-38(57)17-18-40(39)58)29-66(43)28-35-13-9-7-10-14-35/h7-20,25-26,29,33-34,41-42,49-50,69H,21-24,27-28,30-32H2,1-6H3,(H2,59,70)(H,60,71)(H,61,76)(H,62,79)(H,63,77)(H,64,78)(H,65,75)/t34-,41-,42-,49-,50-/m0/s1. The van der Waals surface area contributed by atoms with Gasteiger partial charge in [0.1, 0.15) is 55.6 Å². The molecule has 0 fully saturated rings. The van der Waals surface area contributed by atoms with E-state index in [0.717, 1.165) is 35.9 Å². The third kappa shape index (κ3) is 17.9. The zero-order valence-corrected chi connectivity index (χ0v) is 45.3. The molecule has 0 spiro atoms. The number of nitrogens with one attached hydrogen (secondary N) is 6. The van der Waals surface area contributed by atoms with Crippen LogP contribution in [0.2, 0.25) is 0 Å². The van der Waals surface area contributed by atoms with Gasteiger partial charge in [-0.25, -0.2) is 13.6 Å². The van der Waals surface area contributed by atoms with Crippen LogP contribution in [0, 0.1) is 23.0 Å². The predicted molar refractivity (Wildman–Crippen MR) is 286 cm³/mol. The zero-order chi connectivity index (χ0) is 58.8. The van der Waals surface area contributed by atoms with E-state index in [0.29, 0.717) is 16.2 Å². The molecule has 5 atom stereocenters. The first-order chi connectivity index (χ1) is 37.9. The summed E-state index contributed by atoms with van der Waals surface area (Å²) in [7, 11) is 0. The molecule has 0 aliphatic carbocycles. The van der Waals surface area contributed by atoms with Crippen molar-refractivity contribution >= 4 is 59.3 Å². The van der Waals surface area contributed by atoms with Crippen LogP contribution in [0.4, 0.5) is 13.6 Å². The molecule has 24 heteroatoms. The fraction of sp³-hybridized carbons (Fsp3) is 0.393. The Labute approximate surface area is 461 Å². The number of alkyl carbamates (subject to hydrolysis) is 1. The maximum absolute atomic E-state index is 15.4. The number of carbonyl (C=O) groups excluding carboxylic acids is 10. The van der Waals surface area contributed by atoms with Gasteiger partial charge in [-0.15, -0.1) is 0 Å². The molecule has 428 valence electrons. The predicted octanol–water partition coefficient (Wildman–Crippen LogP) is 2.24. The highest BCUT2D eigenvalue weighted by molar-refractivity contribution is 6.14. The summed E-state index contributed by atoms with van der Waals surface area (Å²) in [5, 5.41) is 25.5. The summed E-state index contributed by atoms with van der Waals surface area (Å²) >= 11 is 0. The number of rotatable bonds is 27. The summed E-state index contributed by atoms with van der Waals surface area (Å²) < 4.78 is 37.0. The molecule has 0 unspecified atom stereocenters. The van der Waals surface area contributed by atoms with E-state index in [2.05, 4.69) is 31.9 Å². The van der Waals surface area contributed by atoms with Crippen molar-refractivity contribution in [2.45, 2.75) is 97.7 Å². The molecule has 3 aromatic carbocycles. The number of aliphatic hydroxyl groups excluding tert-OH is 1. The number of nitrogens with two attached hydrogens (primary N) is 1. The van der Waals surface area contributed by atoms with Crippen molar-refractivity contribution in [3.63, 3.8) is 0 Å². The number of primary amides is 1. The number of hydrogen-bond acceptors (Lipinski definition) is 12. The Morgan fingerprint density at radius 1 is 0.738 bits per heavy atom. The van der Waals surface area contributed by atoms with E-state index >= 15 is 4.39 Å². The first kappa shape index (κ1) is 62.0. The highest BCUT2D eigenvalue weighted by Crippen LogP contribution is 2.41. The fourth-order valence-corrected chi connectivity index (χ4v) is 8.70. The highest BCUT2D eigenvalue weighted by atomic mass is 19.1. The summed E-state index contributed by atoms with van der Waals surface area (Å²) in [5.41, 5.74) is 6.76. The average molecular weight is 1110 g/mol. The number of amides is 10. The summed E-state index contributed by atoms with van der Waals surface area (Å²) in [4.78, 5) is 134. The van der Waals surface area contributed by atoms with Gasteiger partial charge in [-0.3, -0.25) is 48.1 Å². The number of carbonyl (C=O) groups is 10. The summed E-state index contributed by atoms with van der Waals surface area (Å²) in [5.74, 6) is -9.87. The molecule has 22 nitrogen and oxygen atoms in total. The van der Waals surface area contributed by atoms with Crippen molar-refractivity contribution in [1.29, 1.82) is 0 Å². The molecule has 10 amide bonds. The molecule has 5 rings (SSSR count). The minimum absolute atomic E-state index is 0.0700. The van der Waals surface area contributed by atoms with E-state index in [1.807, 2.05) is 30.3 Å². The summed E-state index contributed by atoms with van der Waals surface area (Å²) in [6.07, 6.45) is 1.47. The molecular weight excluding hydrogens is 1040 g/mol. The average Bonchev–Trinajstić information content (AvgIpc) is 3.96. The number of imide groups is 1. The Kier molecular flexibility index (Phi) is 22.3. The van der Waals surface area contributed by atoms with Gasteiger partial charge in [0.15, 0.2) is 0 Å². The van der Waals surface area contributed by atoms with Gasteiger partial charge in [-0.1, -0.05) is 95.3 Å². The molecule has 0 radical (unpaired) electrons. The third-order valence-electron chi connectivity index (χ3n) is 12.7. The van der Waals surface area contributed by atoms with Gasteiger partial charge < -0.3 is 56.9 Å². The first-order valence-corrected chi connectivity index (χ1v) is 25.7. The van der Waals surface area contributed by atoms with Crippen LogP contribution in [0.15, 0.2) is 103 Å². The molecule has 1 aliphatic heterocycles. The van der Waals surface area contributed by atoms with E-state index in [4.69, 9.17) is 10.5 Å². The fourth-order valence-electron chi connectivity index (χ4n) is 8.70. The van der Waals surface area contributed by atoms with Crippen LogP contribution in [-0.4, -0.2) is 136 Å². The number of halogens is 2. The van der Waals surface area contributed by atoms with Crippen molar-refractivity contribution in [3.05, 3.63) is 132 Å². The van der Waals surface area contributed by atoms with Crippen LogP contribution in [-0.2, 0) is 61.0 Å². The van der Waals surface area contributed by atoms with E-state index in [9.17, 15) is 57.4 Å². The monoisotopic (exact) mass is 1110 g/mol. The Morgan fingerprint density at radius 3 is 1.95 bits per heavy atom. The lowest BCUT2D eigenvalue weighted by Gasteiger charge is -2.41. The van der Waals surface area contributed by atoms with E-state index in [-0.39, 0.29) is 43.9 Å². The van der Waals surface area contributed by atoms with Crippen molar-refractivity contribution < 1.29 is 66.6 Å². The van der Waals surface area contributed by atoms with Gasteiger partial charge in [0.05, 0.1) is 12.5 Å². The molecule has 0 saturated heterocycles. The molecule has 0 bridgehead atoms. The lowest BCUT2D eigenvalue weighted by molar-refractivity contribution is -0.141. The SMILES string of the molecule is CC(C)[C@H](NC(=O)[C@H](C)NC(=O)OCc1ccccc1)C(=O)N[C@@H](CC(N)=O)C(=O)N[C@@H](CCN(C(=O)CO)[C@@H](c1cc(-c2cc(F)ccc2F)cn1Cc1ccccc1)C(C)(C)C)C(=O)NCCNC(=O)CN1C(=O)C=CC1=O. The van der Waals surface area contributed by atoms with E-state index in [1.54, 1.807) is 81.8 Å². The Morgan fingerprint density at radius 2 is 1.35 bits per heavy atom. The number of ether oxygens (including phenoxy) is 1. The van der Waals surface area contributed by atoms with Crippen molar-refractivity contribution in [2.24, 2.45) is 17.1 Å². The molecule has 9 N–H and O–H groups in total. The smallest absolute Gasteiger partial charge is 0.408 e. The Hall–Kier alpha value is -8.80. The Bertz CT molecular complexity index is 2910. The molecule has 4 aromatic rings. The van der Waals surface area contributed by atoms with Gasteiger partial charge >= 0.3 is 6.09 Å². The second-order valence-corrected chi connectivity index (χ2v) is 20.4. The molecule has 0 saturated carbocycles. The van der Waals surface area contributed by atoms with Crippen molar-refractivity contribution in [3.8, 4) is 11.1 Å². The lowest BCUT2D eigenvalue weighted by atomic mass is 9.82. The molecular formula is C56H68F2N10O12. The van der Waals surface area contributed by atoms with E-state index < -0.39 is 138 Å². The van der Waals surface area contributed by atoms with Crippen LogP contribution in [0.1, 0.15) is 77.2 Å². The van der Waals surface area contributed by atoms with E-state index in [1.165, 1.54) is 11.8 Å². The second kappa shape index (κ2) is 28.7.